The van der Waals surface area contributed by atoms with Gasteiger partial charge >= 0.3 is 0 Å². The average Bonchev–Trinajstić information content (AvgIpc) is 2.55. The summed E-state index contributed by atoms with van der Waals surface area (Å²) in [6, 6.07) is 13.2. The molecular weight excluding hydrogens is 378 g/mol. The van der Waals surface area contributed by atoms with Gasteiger partial charge in [0.15, 0.2) is 0 Å². The minimum absolute atomic E-state index is 0.000818. The maximum absolute atomic E-state index is 11.6. The van der Waals surface area contributed by atoms with Gasteiger partial charge in [-0.25, -0.2) is 5.43 Å². The summed E-state index contributed by atoms with van der Waals surface area (Å²) < 4.78 is 6.35. The van der Waals surface area contributed by atoms with Crippen LogP contribution in [0.2, 0.25) is 0 Å². The largest absolute Gasteiger partial charge is 0.493 e. The lowest BCUT2D eigenvalue weighted by atomic mass is 10.2. The topological polar surface area (TPSA) is 93.8 Å². The Balaban J connectivity index is 1.73. The molecule has 0 aliphatic heterocycles. The van der Waals surface area contributed by atoms with Gasteiger partial charge in [-0.15, -0.1) is 0 Å². The lowest BCUT2D eigenvalue weighted by molar-refractivity contribution is -0.384. The van der Waals surface area contributed by atoms with Gasteiger partial charge in [0, 0.05) is 16.6 Å². The van der Waals surface area contributed by atoms with E-state index < -0.39 is 4.92 Å². The molecule has 24 heavy (non-hydrogen) atoms. The first-order chi connectivity index (χ1) is 11.5. The van der Waals surface area contributed by atoms with E-state index in [1.807, 2.05) is 18.2 Å². The number of rotatable bonds is 7. The van der Waals surface area contributed by atoms with Gasteiger partial charge in [-0.05, 0) is 35.9 Å². The Hall–Kier alpha value is -2.74. The van der Waals surface area contributed by atoms with Gasteiger partial charge in [0.25, 0.3) is 5.69 Å². The first kappa shape index (κ1) is 17.6. The number of ether oxygens (including phenoxy) is 1. The van der Waals surface area contributed by atoms with E-state index in [0.717, 1.165) is 4.47 Å². The molecule has 1 amide bonds. The normalized spacial score (nSPS) is 10.5. The van der Waals surface area contributed by atoms with Crippen molar-refractivity contribution in [2.45, 2.75) is 6.42 Å². The van der Waals surface area contributed by atoms with Gasteiger partial charge in [0.2, 0.25) is 5.91 Å². The van der Waals surface area contributed by atoms with Gasteiger partial charge in [0.1, 0.15) is 5.75 Å². The molecule has 0 bridgehead atoms. The Morgan fingerprint density at radius 1 is 1.29 bits per heavy atom. The third-order valence-electron chi connectivity index (χ3n) is 2.90. The minimum atomic E-state index is -0.478. The van der Waals surface area contributed by atoms with E-state index in [4.69, 9.17) is 4.74 Å². The molecule has 0 radical (unpaired) electrons. The number of nitro benzene ring substituents is 1. The van der Waals surface area contributed by atoms with Gasteiger partial charge < -0.3 is 4.74 Å². The maximum atomic E-state index is 11.6. The van der Waals surface area contributed by atoms with E-state index in [1.54, 1.807) is 18.2 Å². The molecule has 2 aromatic carbocycles. The number of nitrogens with one attached hydrogen (secondary N) is 1. The van der Waals surface area contributed by atoms with Crippen molar-refractivity contribution in [2.24, 2.45) is 5.10 Å². The van der Waals surface area contributed by atoms with E-state index in [1.165, 1.54) is 18.3 Å². The van der Waals surface area contributed by atoms with Crippen LogP contribution in [0.3, 0.4) is 0 Å². The zero-order valence-electron chi connectivity index (χ0n) is 12.5. The van der Waals surface area contributed by atoms with Gasteiger partial charge in [0.05, 0.1) is 24.2 Å². The molecule has 7 nitrogen and oxygen atoms in total. The fraction of sp³-hybridized carbons (Fsp3) is 0.125. The van der Waals surface area contributed by atoms with E-state index in [-0.39, 0.29) is 24.6 Å². The molecule has 0 aliphatic carbocycles. The number of nitro groups is 1. The summed E-state index contributed by atoms with van der Waals surface area (Å²) >= 11 is 3.34. The van der Waals surface area contributed by atoms with Crippen molar-refractivity contribution < 1.29 is 14.5 Å². The van der Waals surface area contributed by atoms with Crippen molar-refractivity contribution >= 4 is 33.7 Å². The molecule has 0 saturated heterocycles. The standard InChI is InChI=1S/C16H14BrN3O4/c17-13-2-1-3-15(10-13)24-9-8-16(21)19-18-11-12-4-6-14(7-5-12)20(22)23/h1-7,10-11H,8-9H2,(H,19,21)/b18-11+. The Morgan fingerprint density at radius 2 is 2.04 bits per heavy atom. The van der Waals surface area contributed by atoms with Crippen molar-refractivity contribution in [2.75, 3.05) is 6.61 Å². The SMILES string of the molecule is O=C(CCOc1cccc(Br)c1)N/N=C/c1ccc([N+](=O)[O-])cc1. The Labute approximate surface area is 146 Å². The molecule has 2 rings (SSSR count). The quantitative estimate of drug-likeness (QED) is 0.445. The number of carbonyl (C=O) groups excluding carboxylic acids is 1. The highest BCUT2D eigenvalue weighted by atomic mass is 79.9. The number of benzene rings is 2. The van der Waals surface area contributed by atoms with Gasteiger partial charge in [-0.3, -0.25) is 14.9 Å². The third-order valence-corrected chi connectivity index (χ3v) is 3.39. The highest BCUT2D eigenvalue weighted by Gasteiger charge is 2.03. The first-order valence-corrected chi connectivity index (χ1v) is 7.78. The molecule has 124 valence electrons. The molecule has 0 aliphatic rings. The molecule has 0 aromatic heterocycles. The number of non-ortho nitro benzene ring substituents is 1. The second-order valence-corrected chi connectivity index (χ2v) is 5.61. The van der Waals surface area contributed by atoms with Crippen LogP contribution >= 0.6 is 15.9 Å². The number of amides is 1. The van der Waals surface area contributed by atoms with Crippen LogP contribution in [0.1, 0.15) is 12.0 Å². The van der Waals surface area contributed by atoms with Crippen LogP contribution in [0.15, 0.2) is 58.1 Å². The summed E-state index contributed by atoms with van der Waals surface area (Å²) in [7, 11) is 0. The highest BCUT2D eigenvalue weighted by Crippen LogP contribution is 2.17. The fourth-order valence-corrected chi connectivity index (χ4v) is 2.11. The lowest BCUT2D eigenvalue weighted by Gasteiger charge is -2.05. The Bertz CT molecular complexity index is 747. The number of carbonyl (C=O) groups is 1. The average molecular weight is 392 g/mol. The molecule has 0 spiro atoms. The molecule has 0 atom stereocenters. The lowest BCUT2D eigenvalue weighted by Crippen LogP contribution is -2.19. The number of hydrazone groups is 1. The predicted octanol–water partition coefficient (Wildman–Crippen LogP) is 3.28. The molecule has 2 aromatic rings. The first-order valence-electron chi connectivity index (χ1n) is 6.99. The molecule has 8 heteroatoms. The number of halogens is 1. The zero-order chi connectivity index (χ0) is 17.4. The van der Waals surface area contributed by atoms with Crippen LogP contribution in [0.4, 0.5) is 5.69 Å². The van der Waals surface area contributed by atoms with Crippen LogP contribution in [0, 0.1) is 10.1 Å². The number of hydrogen-bond donors (Lipinski definition) is 1. The predicted molar refractivity (Wildman–Crippen MR) is 93.1 cm³/mol. The Morgan fingerprint density at radius 3 is 2.71 bits per heavy atom. The molecule has 0 saturated carbocycles. The van der Waals surface area contributed by atoms with Crippen LogP contribution in [-0.4, -0.2) is 23.7 Å². The van der Waals surface area contributed by atoms with E-state index >= 15 is 0 Å². The molecule has 0 unspecified atom stereocenters. The summed E-state index contributed by atoms with van der Waals surface area (Å²) in [5, 5.41) is 14.3. The molecular formula is C16H14BrN3O4. The number of nitrogens with zero attached hydrogens (tertiary/aromatic N) is 2. The second-order valence-electron chi connectivity index (χ2n) is 4.70. The summed E-state index contributed by atoms with van der Waals surface area (Å²) in [5.74, 6) is 0.384. The molecule has 0 heterocycles. The maximum Gasteiger partial charge on any atom is 0.269 e. The van der Waals surface area contributed by atoms with Crippen LogP contribution in [-0.2, 0) is 4.79 Å². The summed E-state index contributed by atoms with van der Waals surface area (Å²) in [6.45, 7) is 0.231. The fourth-order valence-electron chi connectivity index (χ4n) is 1.74. The monoisotopic (exact) mass is 391 g/mol. The van der Waals surface area contributed by atoms with Crippen LogP contribution in [0.5, 0.6) is 5.75 Å². The van der Waals surface area contributed by atoms with Crippen LogP contribution < -0.4 is 10.2 Å². The Kier molecular flexibility index (Phi) is 6.44. The van der Waals surface area contributed by atoms with Gasteiger partial charge in [-0.2, -0.15) is 5.10 Å². The second kappa shape index (κ2) is 8.78. The minimum Gasteiger partial charge on any atom is -0.493 e. The van der Waals surface area contributed by atoms with Crippen molar-refractivity contribution in [3.8, 4) is 5.75 Å². The zero-order valence-corrected chi connectivity index (χ0v) is 14.1. The summed E-state index contributed by atoms with van der Waals surface area (Å²) in [5.41, 5.74) is 3.02. The van der Waals surface area contributed by atoms with E-state index in [2.05, 4.69) is 26.5 Å². The van der Waals surface area contributed by atoms with Crippen LogP contribution in [0.25, 0.3) is 0 Å². The highest BCUT2D eigenvalue weighted by molar-refractivity contribution is 9.10. The number of hydrogen-bond acceptors (Lipinski definition) is 5. The van der Waals surface area contributed by atoms with E-state index in [0.29, 0.717) is 11.3 Å². The smallest absolute Gasteiger partial charge is 0.269 e. The summed E-state index contributed by atoms with van der Waals surface area (Å²) in [4.78, 5) is 21.7. The molecule has 0 fully saturated rings. The van der Waals surface area contributed by atoms with E-state index in [9.17, 15) is 14.9 Å². The summed E-state index contributed by atoms with van der Waals surface area (Å²) in [6.07, 6.45) is 1.57. The van der Waals surface area contributed by atoms with Gasteiger partial charge in [-0.1, -0.05) is 22.0 Å². The van der Waals surface area contributed by atoms with Crippen molar-refractivity contribution in [1.29, 1.82) is 0 Å². The van der Waals surface area contributed by atoms with Crippen molar-refractivity contribution in [3.05, 3.63) is 68.7 Å². The molecule has 1 N–H and O–H groups in total. The third kappa shape index (κ3) is 5.81. The van der Waals surface area contributed by atoms with Crippen molar-refractivity contribution in [1.82, 2.24) is 5.43 Å². The van der Waals surface area contributed by atoms with Crippen molar-refractivity contribution in [3.63, 3.8) is 0 Å².